The molecule has 0 atom stereocenters. The van der Waals surface area contributed by atoms with Crippen molar-refractivity contribution in [2.75, 3.05) is 29.9 Å². The number of nitrogens with two attached hydrogens (primary N) is 1. The standard InChI is InChI=1S/C13H19N3O3S/c14-11-5-1-2-6-12(11)15-13(17)7-3-8-16-9-4-10-20(16,18)19/h1-2,5-6H,3-4,7-10,14H2,(H,15,17). The maximum Gasteiger partial charge on any atom is 0.224 e. The third-order valence-corrected chi connectivity index (χ3v) is 5.21. The van der Waals surface area contributed by atoms with Crippen LogP contribution in [0.3, 0.4) is 0 Å². The lowest BCUT2D eigenvalue weighted by molar-refractivity contribution is -0.116. The van der Waals surface area contributed by atoms with E-state index in [4.69, 9.17) is 5.73 Å². The summed E-state index contributed by atoms with van der Waals surface area (Å²) in [6.45, 7) is 0.968. The number of amides is 1. The molecule has 6 nitrogen and oxygen atoms in total. The second-order valence-corrected chi connectivity index (χ2v) is 6.90. The van der Waals surface area contributed by atoms with E-state index < -0.39 is 10.0 Å². The Balaban J connectivity index is 1.77. The first-order valence-electron chi connectivity index (χ1n) is 6.61. The number of para-hydroxylation sites is 2. The SMILES string of the molecule is Nc1ccccc1NC(=O)CCCN1CCCS1(=O)=O. The van der Waals surface area contributed by atoms with Gasteiger partial charge in [0, 0.05) is 19.5 Å². The summed E-state index contributed by atoms with van der Waals surface area (Å²) in [5.74, 6) is 0.0687. The molecule has 7 heteroatoms. The van der Waals surface area contributed by atoms with Gasteiger partial charge in [-0.15, -0.1) is 0 Å². The number of nitrogens with one attached hydrogen (secondary N) is 1. The summed E-state index contributed by atoms with van der Waals surface area (Å²) in [6, 6.07) is 7.04. The highest BCUT2D eigenvalue weighted by atomic mass is 32.2. The predicted octanol–water partition coefficient (Wildman–Crippen LogP) is 1.02. The van der Waals surface area contributed by atoms with Crippen LogP contribution in [-0.4, -0.2) is 37.5 Å². The molecular weight excluding hydrogens is 278 g/mol. The molecule has 0 radical (unpaired) electrons. The first-order valence-corrected chi connectivity index (χ1v) is 8.22. The Morgan fingerprint density at radius 2 is 2.10 bits per heavy atom. The third-order valence-electron chi connectivity index (χ3n) is 3.25. The maximum absolute atomic E-state index is 11.8. The fraction of sp³-hybridized carbons (Fsp3) is 0.462. The fourth-order valence-corrected chi connectivity index (χ4v) is 3.75. The van der Waals surface area contributed by atoms with Crippen LogP contribution in [0, 0.1) is 0 Å². The predicted molar refractivity (Wildman–Crippen MR) is 78.7 cm³/mol. The Labute approximate surface area is 119 Å². The number of hydrogen-bond acceptors (Lipinski definition) is 4. The van der Waals surface area contributed by atoms with Crippen LogP contribution in [0.15, 0.2) is 24.3 Å². The van der Waals surface area contributed by atoms with Crippen LogP contribution in [0.1, 0.15) is 19.3 Å². The Morgan fingerprint density at radius 3 is 2.75 bits per heavy atom. The lowest BCUT2D eigenvalue weighted by Crippen LogP contribution is -2.27. The third kappa shape index (κ3) is 3.71. The highest BCUT2D eigenvalue weighted by Gasteiger charge is 2.27. The molecule has 1 heterocycles. The van der Waals surface area contributed by atoms with E-state index in [-0.39, 0.29) is 18.1 Å². The summed E-state index contributed by atoms with van der Waals surface area (Å²) >= 11 is 0. The quantitative estimate of drug-likeness (QED) is 0.794. The van der Waals surface area contributed by atoms with E-state index in [1.165, 1.54) is 4.31 Å². The van der Waals surface area contributed by atoms with Gasteiger partial charge in [0.1, 0.15) is 0 Å². The average molecular weight is 297 g/mol. The molecule has 0 spiro atoms. The molecule has 1 aromatic rings. The van der Waals surface area contributed by atoms with Crippen LogP contribution >= 0.6 is 0 Å². The zero-order chi connectivity index (χ0) is 14.6. The molecule has 0 saturated carbocycles. The number of hydrogen-bond donors (Lipinski definition) is 2. The molecule has 0 unspecified atom stereocenters. The molecule has 0 bridgehead atoms. The number of rotatable bonds is 5. The van der Waals surface area contributed by atoms with E-state index in [2.05, 4.69) is 5.32 Å². The highest BCUT2D eigenvalue weighted by molar-refractivity contribution is 7.89. The van der Waals surface area contributed by atoms with Gasteiger partial charge in [0.2, 0.25) is 15.9 Å². The van der Waals surface area contributed by atoms with Crippen molar-refractivity contribution in [2.24, 2.45) is 0 Å². The summed E-state index contributed by atoms with van der Waals surface area (Å²) < 4.78 is 24.6. The van der Waals surface area contributed by atoms with Crippen LogP contribution in [0.2, 0.25) is 0 Å². The molecule has 2 rings (SSSR count). The van der Waals surface area contributed by atoms with Crippen LogP contribution in [-0.2, 0) is 14.8 Å². The van der Waals surface area contributed by atoms with Gasteiger partial charge in [-0.05, 0) is 25.0 Å². The van der Waals surface area contributed by atoms with Gasteiger partial charge >= 0.3 is 0 Å². The summed E-state index contributed by atoms with van der Waals surface area (Å²) in [5.41, 5.74) is 6.84. The van der Waals surface area contributed by atoms with Crippen molar-refractivity contribution in [3.05, 3.63) is 24.3 Å². The van der Waals surface area contributed by atoms with E-state index >= 15 is 0 Å². The Morgan fingerprint density at radius 1 is 1.35 bits per heavy atom. The van der Waals surface area contributed by atoms with E-state index in [1.807, 2.05) is 0 Å². The van der Waals surface area contributed by atoms with Gasteiger partial charge in [-0.2, -0.15) is 0 Å². The van der Waals surface area contributed by atoms with Gasteiger partial charge < -0.3 is 11.1 Å². The van der Waals surface area contributed by atoms with Gasteiger partial charge in [0.15, 0.2) is 0 Å². The number of anilines is 2. The van der Waals surface area contributed by atoms with Crippen molar-refractivity contribution in [3.63, 3.8) is 0 Å². The topological polar surface area (TPSA) is 92.5 Å². The molecule has 1 aromatic carbocycles. The second kappa shape index (κ2) is 6.23. The molecule has 0 aromatic heterocycles. The van der Waals surface area contributed by atoms with Gasteiger partial charge in [0.05, 0.1) is 17.1 Å². The summed E-state index contributed by atoms with van der Waals surface area (Å²) in [4.78, 5) is 11.8. The Hall–Kier alpha value is -1.60. The minimum atomic E-state index is -3.07. The van der Waals surface area contributed by atoms with E-state index in [1.54, 1.807) is 24.3 Å². The zero-order valence-corrected chi connectivity index (χ0v) is 12.0. The maximum atomic E-state index is 11.8. The van der Waals surface area contributed by atoms with Crippen molar-refractivity contribution in [1.29, 1.82) is 0 Å². The molecule has 1 fully saturated rings. The van der Waals surface area contributed by atoms with Crippen LogP contribution < -0.4 is 11.1 Å². The summed E-state index contributed by atoms with van der Waals surface area (Å²) in [5, 5.41) is 2.72. The number of carbonyl (C=O) groups excluding carboxylic acids is 1. The minimum absolute atomic E-state index is 0.153. The van der Waals surface area contributed by atoms with Gasteiger partial charge in [0.25, 0.3) is 0 Å². The molecule has 0 aliphatic carbocycles. The first-order chi connectivity index (χ1) is 9.49. The highest BCUT2D eigenvalue weighted by Crippen LogP contribution is 2.17. The molecule has 3 N–H and O–H groups in total. The second-order valence-electron chi connectivity index (χ2n) is 4.81. The molecule has 1 amide bonds. The lowest BCUT2D eigenvalue weighted by Gasteiger charge is -2.13. The van der Waals surface area contributed by atoms with Crippen molar-refractivity contribution in [2.45, 2.75) is 19.3 Å². The monoisotopic (exact) mass is 297 g/mol. The smallest absolute Gasteiger partial charge is 0.224 e. The Bertz CT molecular complexity index is 586. The molecule has 20 heavy (non-hydrogen) atoms. The van der Waals surface area contributed by atoms with Crippen LogP contribution in [0.4, 0.5) is 11.4 Å². The summed E-state index contributed by atoms with van der Waals surface area (Å²) in [6.07, 6.45) is 1.47. The van der Waals surface area contributed by atoms with Gasteiger partial charge in [-0.3, -0.25) is 4.79 Å². The van der Waals surface area contributed by atoms with Crippen molar-refractivity contribution in [1.82, 2.24) is 4.31 Å². The van der Waals surface area contributed by atoms with Crippen molar-refractivity contribution in [3.8, 4) is 0 Å². The summed E-state index contributed by atoms with van der Waals surface area (Å²) in [7, 11) is -3.07. The zero-order valence-electron chi connectivity index (χ0n) is 11.2. The number of benzene rings is 1. The molecular formula is C13H19N3O3S. The van der Waals surface area contributed by atoms with E-state index in [0.717, 1.165) is 0 Å². The van der Waals surface area contributed by atoms with Crippen molar-refractivity contribution >= 4 is 27.3 Å². The number of nitrogens with zero attached hydrogens (tertiary/aromatic N) is 1. The van der Waals surface area contributed by atoms with E-state index in [9.17, 15) is 13.2 Å². The fourth-order valence-electron chi connectivity index (χ4n) is 2.18. The largest absolute Gasteiger partial charge is 0.397 e. The molecule has 1 saturated heterocycles. The van der Waals surface area contributed by atoms with Gasteiger partial charge in [-0.1, -0.05) is 12.1 Å². The normalized spacial score (nSPS) is 18.0. The molecule has 110 valence electrons. The van der Waals surface area contributed by atoms with Crippen molar-refractivity contribution < 1.29 is 13.2 Å². The number of sulfonamides is 1. The number of nitrogen functional groups attached to an aromatic ring is 1. The average Bonchev–Trinajstić information content (AvgIpc) is 2.72. The number of carbonyl (C=O) groups is 1. The van der Waals surface area contributed by atoms with Crippen LogP contribution in [0.5, 0.6) is 0 Å². The lowest BCUT2D eigenvalue weighted by atomic mass is 10.2. The van der Waals surface area contributed by atoms with E-state index in [0.29, 0.717) is 37.3 Å². The minimum Gasteiger partial charge on any atom is -0.397 e. The van der Waals surface area contributed by atoms with Gasteiger partial charge in [-0.25, -0.2) is 12.7 Å². The van der Waals surface area contributed by atoms with Crippen LogP contribution in [0.25, 0.3) is 0 Å². The first kappa shape index (κ1) is 14.8. The Kier molecular flexibility index (Phi) is 4.61. The molecule has 1 aliphatic heterocycles. The molecule has 1 aliphatic rings.